The molecule has 3 N–H and O–H groups in total. The minimum absolute atomic E-state index is 0.288. The largest absolute Gasteiger partial charge is 0.496 e. The van der Waals surface area contributed by atoms with Crippen molar-refractivity contribution in [3.05, 3.63) is 59.4 Å². The van der Waals surface area contributed by atoms with E-state index in [0.717, 1.165) is 5.56 Å². The summed E-state index contributed by atoms with van der Waals surface area (Å²) in [5.74, 6) is -0.222. The smallest absolute Gasteiger partial charge is 0.257 e. The van der Waals surface area contributed by atoms with E-state index in [2.05, 4.69) is 5.32 Å². The summed E-state index contributed by atoms with van der Waals surface area (Å²) in [5, 5.41) is 2.73. The van der Waals surface area contributed by atoms with E-state index in [0.29, 0.717) is 17.0 Å². The number of methoxy groups -OCH3 is 1. The van der Waals surface area contributed by atoms with Gasteiger partial charge in [-0.05, 0) is 29.8 Å². The van der Waals surface area contributed by atoms with E-state index in [1.165, 1.54) is 19.2 Å². The molecule has 0 saturated carbocycles. The van der Waals surface area contributed by atoms with Crippen molar-refractivity contribution in [1.29, 1.82) is 0 Å². The Kier molecular flexibility index (Phi) is 4.20. The van der Waals surface area contributed by atoms with Gasteiger partial charge in [0.15, 0.2) is 0 Å². The number of nitrogen functional groups attached to an aromatic ring is 1. The van der Waals surface area contributed by atoms with Gasteiger partial charge in [-0.3, -0.25) is 4.79 Å². The third-order valence-electron chi connectivity index (χ3n) is 2.87. The SMILES string of the molecule is COc1cccc(N)c1C(=O)NCc1ccc(F)cc1. The third-order valence-corrected chi connectivity index (χ3v) is 2.87. The number of benzene rings is 2. The standard InChI is InChI=1S/C15H15FN2O2/c1-20-13-4-2-3-12(17)14(13)15(19)18-9-10-5-7-11(16)8-6-10/h2-8H,9,17H2,1H3,(H,18,19). The number of amides is 1. The highest BCUT2D eigenvalue weighted by Gasteiger charge is 2.15. The van der Waals surface area contributed by atoms with Crippen molar-refractivity contribution in [2.24, 2.45) is 0 Å². The molecule has 0 aliphatic heterocycles. The van der Waals surface area contributed by atoms with Gasteiger partial charge in [0.1, 0.15) is 17.1 Å². The van der Waals surface area contributed by atoms with E-state index in [-0.39, 0.29) is 18.3 Å². The topological polar surface area (TPSA) is 64.3 Å². The molecule has 0 aliphatic carbocycles. The second-order valence-corrected chi connectivity index (χ2v) is 4.23. The summed E-state index contributed by atoms with van der Waals surface area (Å²) in [4.78, 5) is 12.1. The maximum atomic E-state index is 12.8. The zero-order valence-electron chi connectivity index (χ0n) is 11.0. The third kappa shape index (κ3) is 3.06. The number of hydrogen-bond acceptors (Lipinski definition) is 3. The summed E-state index contributed by atoms with van der Waals surface area (Å²) >= 11 is 0. The predicted octanol–water partition coefficient (Wildman–Crippen LogP) is 2.35. The van der Waals surface area contributed by atoms with Crippen molar-refractivity contribution in [3.8, 4) is 5.75 Å². The van der Waals surface area contributed by atoms with E-state index >= 15 is 0 Å². The van der Waals surface area contributed by atoms with Gasteiger partial charge in [-0.25, -0.2) is 4.39 Å². The van der Waals surface area contributed by atoms with E-state index in [1.54, 1.807) is 30.3 Å². The van der Waals surface area contributed by atoms with Gasteiger partial charge in [-0.15, -0.1) is 0 Å². The Hall–Kier alpha value is -2.56. The Morgan fingerprint density at radius 3 is 2.60 bits per heavy atom. The number of nitrogens with two attached hydrogens (primary N) is 1. The van der Waals surface area contributed by atoms with Crippen LogP contribution in [0.1, 0.15) is 15.9 Å². The molecular formula is C15H15FN2O2. The first-order valence-corrected chi connectivity index (χ1v) is 6.07. The molecule has 5 heteroatoms. The average molecular weight is 274 g/mol. The summed E-state index contributed by atoms with van der Waals surface area (Å²) in [7, 11) is 1.48. The molecule has 20 heavy (non-hydrogen) atoms. The fourth-order valence-electron chi connectivity index (χ4n) is 1.83. The molecule has 2 aromatic carbocycles. The summed E-state index contributed by atoms with van der Waals surface area (Å²) in [6.07, 6.45) is 0. The zero-order valence-corrected chi connectivity index (χ0v) is 11.0. The van der Waals surface area contributed by atoms with Crippen LogP contribution < -0.4 is 15.8 Å². The van der Waals surface area contributed by atoms with Crippen LogP contribution in [0.5, 0.6) is 5.75 Å². The number of anilines is 1. The minimum atomic E-state index is -0.329. The predicted molar refractivity (Wildman–Crippen MR) is 75.0 cm³/mol. The van der Waals surface area contributed by atoms with Gasteiger partial charge in [0.2, 0.25) is 0 Å². The Morgan fingerprint density at radius 1 is 1.25 bits per heavy atom. The van der Waals surface area contributed by atoms with E-state index < -0.39 is 0 Å². The molecule has 0 fully saturated rings. The van der Waals surface area contributed by atoms with Crippen molar-refractivity contribution in [2.45, 2.75) is 6.54 Å². The maximum Gasteiger partial charge on any atom is 0.257 e. The molecule has 0 heterocycles. The minimum Gasteiger partial charge on any atom is -0.496 e. The second-order valence-electron chi connectivity index (χ2n) is 4.23. The van der Waals surface area contributed by atoms with Gasteiger partial charge >= 0.3 is 0 Å². The zero-order chi connectivity index (χ0) is 14.5. The normalized spacial score (nSPS) is 10.1. The van der Waals surface area contributed by atoms with Gasteiger partial charge in [0.05, 0.1) is 7.11 Å². The number of nitrogens with one attached hydrogen (secondary N) is 1. The molecule has 0 unspecified atom stereocenters. The van der Waals surface area contributed by atoms with Crippen LogP contribution in [0.3, 0.4) is 0 Å². The number of hydrogen-bond donors (Lipinski definition) is 2. The lowest BCUT2D eigenvalue weighted by atomic mass is 10.1. The van der Waals surface area contributed by atoms with Crippen molar-refractivity contribution in [1.82, 2.24) is 5.32 Å². The maximum absolute atomic E-state index is 12.8. The number of carbonyl (C=O) groups excluding carboxylic acids is 1. The number of rotatable bonds is 4. The van der Waals surface area contributed by atoms with Crippen molar-refractivity contribution >= 4 is 11.6 Å². The first-order chi connectivity index (χ1) is 9.61. The van der Waals surface area contributed by atoms with E-state index in [1.807, 2.05) is 0 Å². The molecule has 0 spiro atoms. The van der Waals surface area contributed by atoms with Crippen LogP contribution in [-0.4, -0.2) is 13.0 Å². The molecule has 2 aromatic rings. The molecule has 2 rings (SSSR count). The van der Waals surface area contributed by atoms with Crippen molar-refractivity contribution < 1.29 is 13.9 Å². The molecule has 0 bridgehead atoms. The fourth-order valence-corrected chi connectivity index (χ4v) is 1.83. The van der Waals surface area contributed by atoms with Crippen LogP contribution in [0.2, 0.25) is 0 Å². The highest BCUT2D eigenvalue weighted by atomic mass is 19.1. The van der Waals surface area contributed by atoms with Crippen LogP contribution >= 0.6 is 0 Å². The lowest BCUT2D eigenvalue weighted by Gasteiger charge is -2.11. The summed E-state index contributed by atoms with van der Waals surface area (Å²) < 4.78 is 17.9. The molecule has 0 radical (unpaired) electrons. The molecule has 0 saturated heterocycles. The highest BCUT2D eigenvalue weighted by molar-refractivity contribution is 6.01. The Balaban J connectivity index is 2.11. The molecule has 0 aliphatic rings. The highest BCUT2D eigenvalue weighted by Crippen LogP contribution is 2.23. The molecule has 0 aromatic heterocycles. The van der Waals surface area contributed by atoms with Gasteiger partial charge < -0.3 is 15.8 Å². The van der Waals surface area contributed by atoms with Crippen LogP contribution in [0.4, 0.5) is 10.1 Å². The lowest BCUT2D eigenvalue weighted by molar-refractivity contribution is 0.0949. The number of ether oxygens (including phenoxy) is 1. The second kappa shape index (κ2) is 6.06. The Bertz CT molecular complexity index is 612. The van der Waals surface area contributed by atoms with Gasteiger partial charge in [0.25, 0.3) is 5.91 Å². The Labute approximate surface area is 116 Å². The number of carbonyl (C=O) groups is 1. The molecular weight excluding hydrogens is 259 g/mol. The van der Waals surface area contributed by atoms with Gasteiger partial charge in [-0.1, -0.05) is 18.2 Å². The van der Waals surface area contributed by atoms with Gasteiger partial charge in [0, 0.05) is 12.2 Å². The first kappa shape index (κ1) is 13.9. The molecule has 104 valence electrons. The average Bonchev–Trinajstić information content (AvgIpc) is 2.46. The van der Waals surface area contributed by atoms with Crippen LogP contribution in [0.25, 0.3) is 0 Å². The van der Waals surface area contributed by atoms with E-state index in [4.69, 9.17) is 10.5 Å². The molecule has 4 nitrogen and oxygen atoms in total. The monoisotopic (exact) mass is 274 g/mol. The quantitative estimate of drug-likeness (QED) is 0.841. The van der Waals surface area contributed by atoms with Crippen molar-refractivity contribution in [2.75, 3.05) is 12.8 Å². The summed E-state index contributed by atoms with van der Waals surface area (Å²) in [6.45, 7) is 0.288. The fraction of sp³-hybridized carbons (Fsp3) is 0.133. The van der Waals surface area contributed by atoms with Crippen LogP contribution in [0, 0.1) is 5.82 Å². The van der Waals surface area contributed by atoms with E-state index in [9.17, 15) is 9.18 Å². The Morgan fingerprint density at radius 2 is 1.95 bits per heavy atom. The summed E-state index contributed by atoms with van der Waals surface area (Å²) in [5.41, 5.74) is 7.25. The van der Waals surface area contributed by atoms with Crippen molar-refractivity contribution in [3.63, 3.8) is 0 Å². The molecule has 0 atom stereocenters. The number of halogens is 1. The summed E-state index contributed by atoms with van der Waals surface area (Å²) in [6, 6.07) is 10.9. The van der Waals surface area contributed by atoms with Gasteiger partial charge in [-0.2, -0.15) is 0 Å². The first-order valence-electron chi connectivity index (χ1n) is 6.07. The molecule has 1 amide bonds. The lowest BCUT2D eigenvalue weighted by Crippen LogP contribution is -2.24. The van der Waals surface area contributed by atoms with Crippen LogP contribution in [0.15, 0.2) is 42.5 Å². The van der Waals surface area contributed by atoms with Crippen LogP contribution in [-0.2, 0) is 6.54 Å².